The van der Waals surface area contributed by atoms with E-state index in [1.807, 2.05) is 33.2 Å². The van der Waals surface area contributed by atoms with Gasteiger partial charge in [0.25, 0.3) is 0 Å². The van der Waals surface area contributed by atoms with Gasteiger partial charge in [0.2, 0.25) is 5.91 Å². The minimum Gasteiger partial charge on any atom is -0.345 e. The van der Waals surface area contributed by atoms with E-state index in [4.69, 9.17) is 0 Å². The molecule has 4 heteroatoms. The van der Waals surface area contributed by atoms with Crippen molar-refractivity contribution in [1.29, 1.82) is 0 Å². The zero-order valence-electron chi connectivity index (χ0n) is 10.9. The SMILES string of the molecule is CNCCCN(C)C(=O)Cc1ncccc1C. The number of carbonyl (C=O) groups excluding carboxylic acids is 1. The highest BCUT2D eigenvalue weighted by molar-refractivity contribution is 5.78. The van der Waals surface area contributed by atoms with Crippen molar-refractivity contribution in [2.75, 3.05) is 27.2 Å². The molecule has 94 valence electrons. The van der Waals surface area contributed by atoms with Gasteiger partial charge in [0.1, 0.15) is 0 Å². The van der Waals surface area contributed by atoms with E-state index in [0.717, 1.165) is 30.8 Å². The third-order valence-corrected chi connectivity index (χ3v) is 2.78. The number of aryl methyl sites for hydroxylation is 1. The Morgan fingerprint density at radius 2 is 2.29 bits per heavy atom. The van der Waals surface area contributed by atoms with Crippen molar-refractivity contribution in [3.8, 4) is 0 Å². The molecular formula is C13H21N3O. The maximum absolute atomic E-state index is 11.9. The van der Waals surface area contributed by atoms with Crippen LogP contribution in [-0.4, -0.2) is 43.0 Å². The molecule has 0 fully saturated rings. The first-order chi connectivity index (χ1) is 8.15. The second-order valence-corrected chi connectivity index (χ2v) is 4.22. The topological polar surface area (TPSA) is 45.2 Å². The molecule has 4 nitrogen and oxygen atoms in total. The molecule has 0 saturated carbocycles. The largest absolute Gasteiger partial charge is 0.345 e. The Morgan fingerprint density at radius 1 is 1.53 bits per heavy atom. The van der Waals surface area contributed by atoms with Crippen LogP contribution < -0.4 is 5.32 Å². The van der Waals surface area contributed by atoms with Gasteiger partial charge in [0, 0.05) is 19.8 Å². The van der Waals surface area contributed by atoms with Gasteiger partial charge in [-0.2, -0.15) is 0 Å². The highest BCUT2D eigenvalue weighted by atomic mass is 16.2. The summed E-state index contributed by atoms with van der Waals surface area (Å²) in [6, 6.07) is 3.87. The summed E-state index contributed by atoms with van der Waals surface area (Å²) < 4.78 is 0. The molecule has 0 aliphatic rings. The average molecular weight is 235 g/mol. The van der Waals surface area contributed by atoms with E-state index in [-0.39, 0.29) is 5.91 Å². The summed E-state index contributed by atoms with van der Waals surface area (Å²) in [5.74, 6) is 0.128. The molecule has 0 unspecified atom stereocenters. The van der Waals surface area contributed by atoms with Crippen LogP contribution in [0.1, 0.15) is 17.7 Å². The predicted molar refractivity (Wildman–Crippen MR) is 68.9 cm³/mol. The van der Waals surface area contributed by atoms with Crippen molar-refractivity contribution in [1.82, 2.24) is 15.2 Å². The Kier molecular flexibility index (Phi) is 5.63. The van der Waals surface area contributed by atoms with Gasteiger partial charge >= 0.3 is 0 Å². The van der Waals surface area contributed by atoms with E-state index in [9.17, 15) is 4.79 Å². The summed E-state index contributed by atoms with van der Waals surface area (Å²) in [6.45, 7) is 3.70. The highest BCUT2D eigenvalue weighted by Crippen LogP contribution is 2.05. The molecule has 1 heterocycles. The molecule has 1 amide bonds. The molecule has 0 aromatic carbocycles. The van der Waals surface area contributed by atoms with Crippen LogP contribution in [0.2, 0.25) is 0 Å². The van der Waals surface area contributed by atoms with Crippen molar-refractivity contribution >= 4 is 5.91 Å². The molecule has 0 aliphatic heterocycles. The van der Waals surface area contributed by atoms with Crippen molar-refractivity contribution in [3.05, 3.63) is 29.6 Å². The van der Waals surface area contributed by atoms with E-state index in [2.05, 4.69) is 10.3 Å². The third kappa shape index (κ3) is 4.53. The summed E-state index contributed by atoms with van der Waals surface area (Å²) in [5.41, 5.74) is 1.95. The van der Waals surface area contributed by atoms with Crippen LogP contribution in [-0.2, 0) is 11.2 Å². The number of amides is 1. The van der Waals surface area contributed by atoms with E-state index >= 15 is 0 Å². The summed E-state index contributed by atoms with van der Waals surface area (Å²) in [4.78, 5) is 17.9. The Morgan fingerprint density at radius 3 is 2.94 bits per heavy atom. The fourth-order valence-corrected chi connectivity index (χ4v) is 1.60. The molecule has 1 rings (SSSR count). The standard InChI is InChI=1S/C13H21N3O/c1-11-6-4-8-15-12(11)10-13(17)16(3)9-5-7-14-2/h4,6,8,14H,5,7,9-10H2,1-3H3. The lowest BCUT2D eigenvalue weighted by Gasteiger charge is -2.17. The first-order valence-electron chi connectivity index (χ1n) is 5.94. The maximum Gasteiger partial charge on any atom is 0.228 e. The lowest BCUT2D eigenvalue weighted by Crippen LogP contribution is -2.31. The molecule has 0 saturated heterocycles. The van der Waals surface area contributed by atoms with Crippen LogP contribution in [0.4, 0.5) is 0 Å². The fourth-order valence-electron chi connectivity index (χ4n) is 1.60. The van der Waals surface area contributed by atoms with Crippen LogP contribution >= 0.6 is 0 Å². The van der Waals surface area contributed by atoms with E-state index in [1.54, 1.807) is 11.1 Å². The van der Waals surface area contributed by atoms with Crippen LogP contribution in [0.25, 0.3) is 0 Å². The van der Waals surface area contributed by atoms with Gasteiger partial charge in [-0.25, -0.2) is 0 Å². The van der Waals surface area contributed by atoms with Gasteiger partial charge in [-0.05, 0) is 38.6 Å². The summed E-state index contributed by atoms with van der Waals surface area (Å²) >= 11 is 0. The molecule has 0 bridgehead atoms. The quantitative estimate of drug-likeness (QED) is 0.748. The predicted octanol–water partition coefficient (Wildman–Crippen LogP) is 1.00. The Hall–Kier alpha value is -1.42. The maximum atomic E-state index is 11.9. The Bertz CT molecular complexity index is 365. The minimum absolute atomic E-state index is 0.128. The molecule has 17 heavy (non-hydrogen) atoms. The number of aromatic nitrogens is 1. The molecule has 1 aromatic heterocycles. The first-order valence-corrected chi connectivity index (χ1v) is 5.94. The molecule has 1 aromatic rings. The number of nitrogens with zero attached hydrogens (tertiary/aromatic N) is 2. The van der Waals surface area contributed by atoms with Gasteiger partial charge in [-0.15, -0.1) is 0 Å². The number of nitrogens with one attached hydrogen (secondary N) is 1. The zero-order valence-corrected chi connectivity index (χ0v) is 10.9. The van der Waals surface area contributed by atoms with Crippen LogP contribution in [0.5, 0.6) is 0 Å². The Labute approximate surface area is 103 Å². The monoisotopic (exact) mass is 235 g/mol. The number of hydrogen-bond acceptors (Lipinski definition) is 3. The molecule has 1 N–H and O–H groups in total. The minimum atomic E-state index is 0.128. The lowest BCUT2D eigenvalue weighted by atomic mass is 10.1. The van der Waals surface area contributed by atoms with Crippen molar-refractivity contribution in [2.24, 2.45) is 0 Å². The van der Waals surface area contributed by atoms with E-state index < -0.39 is 0 Å². The second-order valence-electron chi connectivity index (χ2n) is 4.22. The van der Waals surface area contributed by atoms with Crippen molar-refractivity contribution in [3.63, 3.8) is 0 Å². The van der Waals surface area contributed by atoms with Crippen LogP contribution in [0.3, 0.4) is 0 Å². The molecule has 0 spiro atoms. The zero-order chi connectivity index (χ0) is 12.7. The molecule has 0 atom stereocenters. The van der Waals surface area contributed by atoms with Gasteiger partial charge in [-0.3, -0.25) is 9.78 Å². The van der Waals surface area contributed by atoms with Gasteiger partial charge in [0.05, 0.1) is 12.1 Å². The number of likely N-dealkylation sites (N-methyl/N-ethyl adjacent to an activating group) is 1. The van der Waals surface area contributed by atoms with Crippen molar-refractivity contribution in [2.45, 2.75) is 19.8 Å². The summed E-state index contributed by atoms with van der Waals surface area (Å²) in [6.07, 6.45) is 3.10. The first kappa shape index (κ1) is 13.6. The Balaban J connectivity index is 2.46. The highest BCUT2D eigenvalue weighted by Gasteiger charge is 2.11. The van der Waals surface area contributed by atoms with E-state index in [1.165, 1.54) is 0 Å². The summed E-state index contributed by atoms with van der Waals surface area (Å²) in [7, 11) is 3.76. The fraction of sp³-hybridized carbons (Fsp3) is 0.538. The van der Waals surface area contributed by atoms with Crippen LogP contribution in [0, 0.1) is 6.92 Å². The number of pyridine rings is 1. The summed E-state index contributed by atoms with van der Waals surface area (Å²) in [5, 5.41) is 3.07. The number of hydrogen-bond donors (Lipinski definition) is 1. The van der Waals surface area contributed by atoms with Crippen molar-refractivity contribution < 1.29 is 4.79 Å². The van der Waals surface area contributed by atoms with Gasteiger partial charge < -0.3 is 10.2 Å². The number of rotatable bonds is 6. The van der Waals surface area contributed by atoms with E-state index in [0.29, 0.717) is 6.42 Å². The third-order valence-electron chi connectivity index (χ3n) is 2.78. The molecular weight excluding hydrogens is 214 g/mol. The second kappa shape index (κ2) is 7.01. The van der Waals surface area contributed by atoms with Gasteiger partial charge in [-0.1, -0.05) is 6.07 Å². The normalized spacial score (nSPS) is 10.3. The smallest absolute Gasteiger partial charge is 0.228 e. The molecule has 0 radical (unpaired) electrons. The lowest BCUT2D eigenvalue weighted by molar-refractivity contribution is -0.129. The van der Waals surface area contributed by atoms with Gasteiger partial charge in [0.15, 0.2) is 0 Å². The average Bonchev–Trinajstić information content (AvgIpc) is 2.32. The molecule has 0 aliphatic carbocycles. The van der Waals surface area contributed by atoms with Crippen LogP contribution in [0.15, 0.2) is 18.3 Å². The number of carbonyl (C=O) groups is 1.